The maximum absolute atomic E-state index is 15.3. The number of carbonyl (C=O) groups excluding carboxylic acids is 6. The van der Waals surface area contributed by atoms with Crippen LogP contribution in [0.25, 0.3) is 0 Å². The number of benzene rings is 2. The van der Waals surface area contributed by atoms with Crippen LogP contribution in [0.15, 0.2) is 71.8 Å². The molecule has 1 saturated heterocycles. The maximum Gasteiger partial charge on any atom is 0.408 e. The number of rotatable bonds is 9. The number of esters is 4. The molecule has 15 heteroatoms. The van der Waals surface area contributed by atoms with Gasteiger partial charge in [0.15, 0.2) is 23.6 Å². The predicted molar refractivity (Wildman–Crippen MR) is 203 cm³/mol. The first kappa shape index (κ1) is 40.7. The van der Waals surface area contributed by atoms with Crippen molar-refractivity contribution in [1.29, 1.82) is 0 Å². The molecule has 5 aliphatic carbocycles. The average molecular weight is 816 g/mol. The molecular formula is C44H49NO14. The van der Waals surface area contributed by atoms with Gasteiger partial charge >= 0.3 is 30.0 Å². The van der Waals surface area contributed by atoms with Gasteiger partial charge in [0.25, 0.3) is 0 Å². The van der Waals surface area contributed by atoms with Crippen molar-refractivity contribution in [1.82, 2.24) is 5.32 Å². The third kappa shape index (κ3) is 5.42. The summed E-state index contributed by atoms with van der Waals surface area (Å²) < 4.78 is 36.1. The number of hydrogen-bond acceptors (Lipinski definition) is 14. The Bertz CT molecular complexity index is 2170. The second-order valence-electron chi connectivity index (χ2n) is 18.0. The van der Waals surface area contributed by atoms with Crippen molar-refractivity contribution in [2.24, 2.45) is 22.2 Å². The normalized spacial score (nSPS) is 36.9. The van der Waals surface area contributed by atoms with Crippen LogP contribution < -0.4 is 5.32 Å². The van der Waals surface area contributed by atoms with Gasteiger partial charge in [-0.05, 0) is 75.3 Å². The Balaban J connectivity index is 1.26. The van der Waals surface area contributed by atoms with Gasteiger partial charge in [-0.3, -0.25) is 14.4 Å². The van der Waals surface area contributed by atoms with E-state index in [1.54, 1.807) is 83.1 Å². The molecular weight excluding hydrogens is 766 g/mol. The molecule has 2 aromatic rings. The van der Waals surface area contributed by atoms with Crippen LogP contribution in [0.3, 0.4) is 0 Å². The van der Waals surface area contributed by atoms with E-state index in [0.29, 0.717) is 12.0 Å². The largest absolute Gasteiger partial charge is 0.456 e. The van der Waals surface area contributed by atoms with E-state index in [0.717, 1.165) is 6.92 Å². The van der Waals surface area contributed by atoms with E-state index < -0.39 is 112 Å². The van der Waals surface area contributed by atoms with Crippen LogP contribution in [0.1, 0.15) is 89.7 Å². The Kier molecular flexibility index (Phi) is 9.26. The fourth-order valence-electron chi connectivity index (χ4n) is 11.8. The van der Waals surface area contributed by atoms with E-state index in [-0.39, 0.29) is 35.7 Å². The van der Waals surface area contributed by atoms with Gasteiger partial charge in [-0.1, -0.05) is 55.5 Å². The van der Waals surface area contributed by atoms with Crippen molar-refractivity contribution in [3.8, 4) is 0 Å². The van der Waals surface area contributed by atoms with Crippen molar-refractivity contribution in [2.75, 3.05) is 6.61 Å². The SMILES string of the molecule is CC(=O)O[C@H]1C(=O)[C@]23C[C@H]2C[C@H]2OC[C@@]2(OC(C)=O)C32[C@H](OC(=O)c3ccccc3)[C@]3(O)C[C@H](OC(=O)[C@H](O)[C@@H](NC(=O)OC(C)(C)C)c4ccccc4)C(C)=C1[C@]23C. The highest BCUT2D eigenvalue weighted by Crippen LogP contribution is 2.92. The Morgan fingerprint density at radius 2 is 1.56 bits per heavy atom. The monoisotopic (exact) mass is 815 g/mol. The van der Waals surface area contributed by atoms with Gasteiger partial charge < -0.3 is 44.0 Å². The van der Waals surface area contributed by atoms with Gasteiger partial charge in [-0.15, -0.1) is 0 Å². The fraction of sp³-hybridized carbons (Fsp3) is 0.545. The number of ketones is 1. The van der Waals surface area contributed by atoms with Gasteiger partial charge in [0, 0.05) is 25.7 Å². The number of ether oxygens (including phenoxy) is 6. The number of aliphatic hydroxyl groups is 2. The van der Waals surface area contributed by atoms with Crippen LogP contribution >= 0.6 is 0 Å². The number of nitrogens with one attached hydrogen (secondary N) is 1. The summed E-state index contributed by atoms with van der Waals surface area (Å²) in [6, 6.07) is 14.9. The van der Waals surface area contributed by atoms with Crippen molar-refractivity contribution in [2.45, 2.75) is 121 Å². The molecule has 59 heavy (non-hydrogen) atoms. The van der Waals surface area contributed by atoms with Crippen LogP contribution in [0.2, 0.25) is 0 Å². The lowest BCUT2D eigenvalue weighted by Gasteiger charge is -2.83. The molecule has 0 aromatic heterocycles. The molecule has 5 fully saturated rings. The molecule has 1 aliphatic heterocycles. The van der Waals surface area contributed by atoms with Crippen LogP contribution in [0.5, 0.6) is 0 Å². The third-order valence-corrected chi connectivity index (χ3v) is 13.8. The molecule has 1 heterocycles. The summed E-state index contributed by atoms with van der Waals surface area (Å²) in [7, 11) is 0. The van der Waals surface area contributed by atoms with Gasteiger partial charge in [0.05, 0.1) is 29.0 Å². The lowest BCUT2D eigenvalue weighted by Crippen LogP contribution is -2.97. The number of alkyl carbamates (subject to hydrolysis) is 1. The van der Waals surface area contributed by atoms with Gasteiger partial charge in [-0.2, -0.15) is 0 Å². The molecule has 314 valence electrons. The molecule has 4 saturated carbocycles. The van der Waals surface area contributed by atoms with Crippen molar-refractivity contribution < 1.29 is 67.4 Å². The minimum atomic E-state index is -2.15. The molecule has 0 bridgehead atoms. The van der Waals surface area contributed by atoms with E-state index in [4.69, 9.17) is 28.4 Å². The van der Waals surface area contributed by atoms with Crippen molar-refractivity contribution in [3.05, 3.63) is 82.9 Å². The van der Waals surface area contributed by atoms with E-state index >= 15 is 4.79 Å². The number of amides is 1. The third-order valence-electron chi connectivity index (χ3n) is 13.8. The van der Waals surface area contributed by atoms with E-state index in [2.05, 4.69) is 5.32 Å². The lowest BCUT2D eigenvalue weighted by molar-refractivity contribution is -0.452. The number of aliphatic hydroxyl groups excluding tert-OH is 1. The van der Waals surface area contributed by atoms with Gasteiger partial charge in [0.1, 0.15) is 29.5 Å². The van der Waals surface area contributed by atoms with Crippen LogP contribution in [-0.2, 0) is 47.6 Å². The Hall–Kier alpha value is -5.12. The van der Waals surface area contributed by atoms with Crippen molar-refractivity contribution >= 4 is 35.8 Å². The standard InChI is InChI=1S/C44H49NO14/c1-22-28(56-36(51)32(48)31(25-14-10-8-11-15-25)45-38(52)59-39(4,5)6)20-42(53)37(57-35(50)26-16-12-9-13-17-26)44-40(42,7)30(22)33(55-23(2)46)34(49)41(44)19-27(41)18-29-43(44,21-54-29)58-24(3)47/h8-17,27-29,31-33,37,48,53H,18-21H2,1-7H3,(H,45,52)/t27-,28+,29-,31+,32-,33-,37-,40+,41+,42-,43+,44?/m1/s1. The molecule has 1 amide bonds. The Morgan fingerprint density at radius 1 is 0.915 bits per heavy atom. The Labute approximate surface area is 340 Å². The summed E-state index contributed by atoms with van der Waals surface area (Å²) in [5.41, 5.74) is -8.38. The first-order valence-corrected chi connectivity index (χ1v) is 19.9. The molecule has 3 N–H and O–H groups in total. The van der Waals surface area contributed by atoms with Crippen LogP contribution in [0, 0.1) is 22.2 Å². The van der Waals surface area contributed by atoms with Crippen LogP contribution in [0.4, 0.5) is 4.79 Å². The lowest BCUT2D eigenvalue weighted by atomic mass is 9.23. The van der Waals surface area contributed by atoms with E-state index in [1.165, 1.54) is 19.1 Å². The highest BCUT2D eigenvalue weighted by atomic mass is 16.6. The smallest absolute Gasteiger partial charge is 0.408 e. The second-order valence-corrected chi connectivity index (χ2v) is 18.0. The minimum Gasteiger partial charge on any atom is -0.456 e. The number of hydrogen-bond donors (Lipinski definition) is 3. The summed E-state index contributed by atoms with van der Waals surface area (Å²) in [6.45, 7) is 10.5. The Morgan fingerprint density at radius 3 is 2.14 bits per heavy atom. The average Bonchev–Trinajstić information content (AvgIpc) is 3.90. The molecule has 8 rings (SSSR count). The fourth-order valence-corrected chi connectivity index (χ4v) is 11.8. The summed E-state index contributed by atoms with van der Waals surface area (Å²) in [5, 5.41) is 27.6. The van der Waals surface area contributed by atoms with E-state index in [9.17, 15) is 34.2 Å². The number of fused-ring (bicyclic) bond motifs is 1. The van der Waals surface area contributed by atoms with Crippen molar-refractivity contribution in [3.63, 3.8) is 0 Å². The zero-order valence-corrected chi connectivity index (χ0v) is 33.9. The molecule has 2 aromatic carbocycles. The zero-order chi connectivity index (χ0) is 42.7. The first-order chi connectivity index (χ1) is 27.7. The quantitative estimate of drug-likeness (QED) is 0.187. The van der Waals surface area contributed by atoms with Crippen LogP contribution in [-0.4, -0.2) is 99.9 Å². The molecule has 2 spiro atoms. The number of Topliss-reactive ketones (excluding diaryl/α,β-unsaturated/α-hetero) is 1. The van der Waals surface area contributed by atoms with Gasteiger partial charge in [0.2, 0.25) is 0 Å². The summed E-state index contributed by atoms with van der Waals surface area (Å²) in [5.74, 6) is -4.35. The summed E-state index contributed by atoms with van der Waals surface area (Å²) in [4.78, 5) is 82.5. The maximum atomic E-state index is 15.3. The molecule has 0 radical (unpaired) electrons. The first-order valence-electron chi connectivity index (χ1n) is 19.9. The molecule has 6 aliphatic rings. The minimum absolute atomic E-state index is 0.118. The molecule has 1 unspecified atom stereocenters. The summed E-state index contributed by atoms with van der Waals surface area (Å²) in [6.07, 6.45) is -7.96. The molecule has 12 atom stereocenters. The highest BCUT2D eigenvalue weighted by molar-refractivity contribution is 6.01. The highest BCUT2D eigenvalue weighted by Gasteiger charge is 3.03. The van der Waals surface area contributed by atoms with E-state index in [1.807, 2.05) is 0 Å². The number of carbonyl (C=O) groups is 6. The topological polar surface area (TPSA) is 210 Å². The molecule has 15 nitrogen and oxygen atoms in total. The van der Waals surface area contributed by atoms with Gasteiger partial charge in [-0.25, -0.2) is 14.4 Å². The second kappa shape index (κ2) is 13.4. The summed E-state index contributed by atoms with van der Waals surface area (Å²) >= 11 is 0. The predicted octanol–water partition coefficient (Wildman–Crippen LogP) is 3.83. The zero-order valence-electron chi connectivity index (χ0n) is 33.9.